The summed E-state index contributed by atoms with van der Waals surface area (Å²) < 4.78 is 0. The third-order valence-corrected chi connectivity index (χ3v) is 5.38. The monoisotopic (exact) mass is 399 g/mol. The van der Waals surface area contributed by atoms with Crippen LogP contribution < -0.4 is 5.32 Å². The average Bonchev–Trinajstić information content (AvgIpc) is 3.08. The molecule has 0 aliphatic carbocycles. The Morgan fingerprint density at radius 2 is 1.96 bits per heavy atom. The molecule has 1 amide bonds. The summed E-state index contributed by atoms with van der Waals surface area (Å²) in [5, 5.41) is 9.44. The van der Waals surface area contributed by atoms with Crippen LogP contribution >= 0.6 is 11.6 Å². The first-order chi connectivity index (χ1) is 13.5. The van der Waals surface area contributed by atoms with Crippen molar-refractivity contribution in [2.75, 3.05) is 18.4 Å². The summed E-state index contributed by atoms with van der Waals surface area (Å²) in [4.78, 5) is 23.4. The molecule has 2 aliphatic heterocycles. The molecule has 4 rings (SSSR count). The van der Waals surface area contributed by atoms with Crippen molar-refractivity contribution in [3.05, 3.63) is 64.7 Å². The predicted molar refractivity (Wildman–Crippen MR) is 109 cm³/mol. The van der Waals surface area contributed by atoms with E-state index in [2.05, 4.69) is 10.5 Å². The van der Waals surface area contributed by atoms with Gasteiger partial charge in [0.1, 0.15) is 5.60 Å². The highest BCUT2D eigenvalue weighted by Crippen LogP contribution is 2.36. The molecule has 1 spiro atoms. The van der Waals surface area contributed by atoms with Gasteiger partial charge < -0.3 is 9.68 Å². The Kier molecular flexibility index (Phi) is 5.24. The molecule has 1 N–H and O–H groups in total. The van der Waals surface area contributed by atoms with Gasteiger partial charge in [-0.25, -0.2) is 4.79 Å². The van der Waals surface area contributed by atoms with E-state index in [9.17, 15) is 4.79 Å². The molecular formula is C21H22ClN3O3. The zero-order chi connectivity index (χ0) is 19.6. The summed E-state index contributed by atoms with van der Waals surface area (Å²) >= 11 is 5.95. The van der Waals surface area contributed by atoms with Crippen LogP contribution in [0.3, 0.4) is 0 Å². The van der Waals surface area contributed by atoms with Gasteiger partial charge in [-0.1, -0.05) is 41.0 Å². The van der Waals surface area contributed by atoms with Crippen molar-refractivity contribution >= 4 is 29.1 Å². The van der Waals surface area contributed by atoms with E-state index in [1.807, 2.05) is 55.5 Å². The van der Waals surface area contributed by atoms with Gasteiger partial charge in [-0.3, -0.25) is 5.32 Å². The highest BCUT2D eigenvalue weighted by molar-refractivity contribution is 6.30. The van der Waals surface area contributed by atoms with Crippen LogP contribution in [-0.4, -0.2) is 35.6 Å². The lowest BCUT2D eigenvalue weighted by molar-refractivity contribution is -0.154. The van der Waals surface area contributed by atoms with Gasteiger partial charge in [0, 0.05) is 43.1 Å². The molecule has 1 saturated heterocycles. The van der Waals surface area contributed by atoms with Crippen molar-refractivity contribution in [1.29, 1.82) is 0 Å². The Labute approximate surface area is 169 Å². The molecule has 0 bridgehead atoms. The Hall–Kier alpha value is -2.57. The molecule has 7 heteroatoms. The Balaban J connectivity index is 1.28. The van der Waals surface area contributed by atoms with E-state index in [-0.39, 0.29) is 5.60 Å². The van der Waals surface area contributed by atoms with Gasteiger partial charge >= 0.3 is 6.09 Å². The second kappa shape index (κ2) is 7.81. The molecule has 2 aliphatic rings. The normalized spacial score (nSPS) is 18.4. The van der Waals surface area contributed by atoms with E-state index < -0.39 is 6.09 Å². The van der Waals surface area contributed by atoms with E-state index in [0.717, 1.165) is 41.8 Å². The molecule has 0 aromatic heterocycles. The van der Waals surface area contributed by atoms with Gasteiger partial charge in [0.15, 0.2) is 0 Å². The number of halogens is 1. The number of piperidine rings is 1. The predicted octanol–water partition coefficient (Wildman–Crippen LogP) is 4.77. The number of benzene rings is 2. The number of amides is 1. The summed E-state index contributed by atoms with van der Waals surface area (Å²) in [6.45, 7) is 3.18. The number of aryl methyl sites for hydroxylation is 1. The van der Waals surface area contributed by atoms with Gasteiger partial charge in [-0.05, 0) is 42.3 Å². The summed E-state index contributed by atoms with van der Waals surface area (Å²) in [5.41, 5.74) is 3.44. The van der Waals surface area contributed by atoms with Crippen LogP contribution in [0.1, 0.15) is 30.4 Å². The molecule has 0 saturated carbocycles. The lowest BCUT2D eigenvalue weighted by Crippen LogP contribution is -2.45. The van der Waals surface area contributed by atoms with Crippen LogP contribution in [-0.2, 0) is 9.68 Å². The van der Waals surface area contributed by atoms with Gasteiger partial charge in [0.25, 0.3) is 0 Å². The number of nitrogens with one attached hydrogen (secondary N) is 1. The van der Waals surface area contributed by atoms with Crippen molar-refractivity contribution in [2.45, 2.75) is 31.8 Å². The topological polar surface area (TPSA) is 63.2 Å². The maximum atomic E-state index is 12.1. The zero-order valence-corrected chi connectivity index (χ0v) is 16.4. The van der Waals surface area contributed by atoms with Crippen LogP contribution in [0.2, 0.25) is 5.02 Å². The summed E-state index contributed by atoms with van der Waals surface area (Å²) in [6.07, 6.45) is 1.75. The average molecular weight is 400 g/mol. The van der Waals surface area contributed by atoms with Crippen LogP contribution in [0.5, 0.6) is 0 Å². The highest BCUT2D eigenvalue weighted by atomic mass is 35.5. The summed E-state index contributed by atoms with van der Waals surface area (Å²) in [7, 11) is 0. The van der Waals surface area contributed by atoms with E-state index in [0.29, 0.717) is 18.1 Å². The molecule has 0 atom stereocenters. The lowest BCUT2D eigenvalue weighted by atomic mass is 9.86. The number of carbonyl (C=O) groups excluding carboxylic acids is 1. The van der Waals surface area contributed by atoms with Gasteiger partial charge in [0.2, 0.25) is 0 Å². The number of hydrogen-bond donors (Lipinski definition) is 1. The Bertz CT molecular complexity index is 890. The third kappa shape index (κ3) is 4.29. The van der Waals surface area contributed by atoms with Gasteiger partial charge in [0.05, 0.1) is 5.71 Å². The fraction of sp³-hybridized carbons (Fsp3) is 0.333. The number of anilines is 1. The van der Waals surface area contributed by atoms with Crippen LogP contribution in [0.25, 0.3) is 0 Å². The summed E-state index contributed by atoms with van der Waals surface area (Å²) in [5.74, 6) is 0. The van der Waals surface area contributed by atoms with Gasteiger partial charge in [-0.15, -0.1) is 5.06 Å². The quantitative estimate of drug-likeness (QED) is 0.807. The standard InChI is InChI=1S/C21H22ClN3O3/c1-15-3-2-4-18(13-15)23-20(26)27-25-11-9-21(10-12-25)14-19(24-28-21)16-5-7-17(22)8-6-16/h2-8,13H,9-12,14H2,1H3,(H,23,26). The second-order valence-corrected chi connectivity index (χ2v) is 7.73. The molecule has 2 heterocycles. The molecular weight excluding hydrogens is 378 g/mol. The Morgan fingerprint density at radius 1 is 1.21 bits per heavy atom. The first-order valence-electron chi connectivity index (χ1n) is 9.33. The van der Waals surface area contributed by atoms with Crippen LogP contribution in [0.4, 0.5) is 10.5 Å². The Morgan fingerprint density at radius 3 is 2.68 bits per heavy atom. The van der Waals surface area contributed by atoms with Crippen molar-refractivity contribution in [3.8, 4) is 0 Å². The second-order valence-electron chi connectivity index (χ2n) is 7.30. The van der Waals surface area contributed by atoms with E-state index in [1.165, 1.54) is 0 Å². The fourth-order valence-corrected chi connectivity index (χ4v) is 3.68. The SMILES string of the molecule is Cc1cccc(NC(=O)ON2CCC3(CC2)CC(c2ccc(Cl)cc2)=NO3)c1. The van der Waals surface area contributed by atoms with E-state index in [4.69, 9.17) is 21.3 Å². The fourth-order valence-electron chi connectivity index (χ4n) is 3.55. The van der Waals surface area contributed by atoms with Gasteiger partial charge in [-0.2, -0.15) is 0 Å². The maximum absolute atomic E-state index is 12.1. The number of carbonyl (C=O) groups is 1. The molecule has 2 aromatic rings. The first-order valence-corrected chi connectivity index (χ1v) is 9.71. The minimum atomic E-state index is -0.480. The summed E-state index contributed by atoms with van der Waals surface area (Å²) in [6, 6.07) is 15.2. The van der Waals surface area contributed by atoms with E-state index in [1.54, 1.807) is 5.06 Å². The number of nitrogens with zero attached hydrogens (tertiary/aromatic N) is 2. The van der Waals surface area contributed by atoms with Crippen LogP contribution in [0, 0.1) is 6.92 Å². The van der Waals surface area contributed by atoms with Crippen LogP contribution in [0.15, 0.2) is 53.7 Å². The first kappa shape index (κ1) is 18.8. The number of hydroxylamine groups is 2. The lowest BCUT2D eigenvalue weighted by Gasteiger charge is -2.35. The van der Waals surface area contributed by atoms with Crippen molar-refractivity contribution in [1.82, 2.24) is 5.06 Å². The number of hydrogen-bond acceptors (Lipinski definition) is 5. The smallest absolute Gasteiger partial charge is 0.388 e. The van der Waals surface area contributed by atoms with Crippen molar-refractivity contribution < 1.29 is 14.5 Å². The largest absolute Gasteiger partial charge is 0.430 e. The van der Waals surface area contributed by atoms with Crippen molar-refractivity contribution in [2.24, 2.45) is 5.16 Å². The number of oxime groups is 1. The highest BCUT2D eigenvalue weighted by Gasteiger charge is 2.43. The van der Waals surface area contributed by atoms with Crippen molar-refractivity contribution in [3.63, 3.8) is 0 Å². The maximum Gasteiger partial charge on any atom is 0.430 e. The molecule has 1 fully saturated rings. The minimum Gasteiger partial charge on any atom is -0.388 e. The minimum absolute atomic E-state index is 0.318. The molecule has 0 radical (unpaired) electrons. The molecule has 0 unspecified atom stereocenters. The molecule has 2 aromatic carbocycles. The molecule has 146 valence electrons. The molecule has 6 nitrogen and oxygen atoms in total. The zero-order valence-electron chi connectivity index (χ0n) is 15.7. The molecule has 28 heavy (non-hydrogen) atoms. The van der Waals surface area contributed by atoms with E-state index >= 15 is 0 Å². The third-order valence-electron chi connectivity index (χ3n) is 5.13. The number of rotatable bonds is 3.